The Morgan fingerprint density at radius 3 is 2.39 bits per heavy atom. The quantitative estimate of drug-likeness (QED) is 0.649. The Morgan fingerprint density at radius 1 is 1.13 bits per heavy atom. The third kappa shape index (κ3) is 4.62. The molecule has 2 aromatic rings. The van der Waals surface area contributed by atoms with Gasteiger partial charge in [-0.05, 0) is 38.0 Å². The second-order valence-electron chi connectivity index (χ2n) is 8.47. The van der Waals surface area contributed by atoms with Crippen molar-refractivity contribution in [2.45, 2.75) is 32.9 Å². The highest BCUT2D eigenvalue weighted by Gasteiger charge is 2.32. The van der Waals surface area contributed by atoms with Gasteiger partial charge in [-0.25, -0.2) is 13.2 Å². The van der Waals surface area contributed by atoms with Gasteiger partial charge in [-0.1, -0.05) is 12.1 Å². The zero-order valence-electron chi connectivity index (χ0n) is 18.4. The number of anilines is 1. The maximum atomic E-state index is 11.9. The number of methoxy groups -OCH3 is 1. The first kappa shape index (κ1) is 21.8. The van der Waals surface area contributed by atoms with Gasteiger partial charge in [0, 0.05) is 32.7 Å². The van der Waals surface area contributed by atoms with Crippen LogP contribution in [-0.4, -0.2) is 73.9 Å². The minimum atomic E-state index is -2.94. The predicted molar refractivity (Wildman–Crippen MR) is 119 cm³/mol. The molecule has 31 heavy (non-hydrogen) atoms. The van der Waals surface area contributed by atoms with Crippen molar-refractivity contribution in [1.82, 2.24) is 14.7 Å². The summed E-state index contributed by atoms with van der Waals surface area (Å²) in [6.07, 6.45) is 0.645. The fraction of sp³-hybridized carbons (Fsp3) is 0.545. The van der Waals surface area contributed by atoms with E-state index < -0.39 is 9.84 Å². The van der Waals surface area contributed by atoms with E-state index in [4.69, 9.17) is 9.84 Å². The van der Waals surface area contributed by atoms with E-state index in [1.807, 2.05) is 35.9 Å². The number of benzene rings is 1. The minimum Gasteiger partial charge on any atom is -0.465 e. The molecular weight excluding hydrogens is 416 g/mol. The molecule has 2 aliphatic heterocycles. The highest BCUT2D eigenvalue weighted by Crippen LogP contribution is 2.31. The minimum absolute atomic E-state index is 0.0494. The van der Waals surface area contributed by atoms with Crippen molar-refractivity contribution >= 4 is 21.5 Å². The standard InChI is InChI=1S/C22H30N4O4S/c1-16-21(17(2)26(23-16)20-8-13-31(28,29)15-20)25-11-9-24(10-12-25)14-18-4-6-19(7-5-18)22(27)30-3/h4-7,20H,8-15H2,1-3H3. The van der Waals surface area contributed by atoms with Crippen LogP contribution in [0.15, 0.2) is 24.3 Å². The van der Waals surface area contributed by atoms with Gasteiger partial charge in [-0.15, -0.1) is 0 Å². The molecule has 0 saturated carbocycles. The lowest BCUT2D eigenvalue weighted by Crippen LogP contribution is -2.46. The Balaban J connectivity index is 1.38. The topological polar surface area (TPSA) is 84.7 Å². The molecule has 1 aromatic heterocycles. The van der Waals surface area contributed by atoms with Crippen molar-refractivity contribution in [2.75, 3.05) is 49.7 Å². The molecule has 1 unspecified atom stereocenters. The van der Waals surface area contributed by atoms with Crippen LogP contribution < -0.4 is 4.90 Å². The number of carbonyl (C=O) groups excluding carboxylic acids is 1. The van der Waals surface area contributed by atoms with Crippen molar-refractivity contribution in [3.05, 3.63) is 46.8 Å². The van der Waals surface area contributed by atoms with Gasteiger partial charge >= 0.3 is 5.97 Å². The molecule has 0 spiro atoms. The summed E-state index contributed by atoms with van der Waals surface area (Å²) < 4.78 is 30.5. The molecule has 0 aliphatic carbocycles. The van der Waals surface area contributed by atoms with E-state index in [2.05, 4.69) is 16.7 Å². The molecule has 1 aromatic carbocycles. The number of piperazine rings is 1. The number of rotatable bonds is 5. The lowest BCUT2D eigenvalue weighted by Gasteiger charge is -2.36. The van der Waals surface area contributed by atoms with Crippen molar-refractivity contribution in [1.29, 1.82) is 0 Å². The molecule has 9 heteroatoms. The Morgan fingerprint density at radius 2 is 1.81 bits per heavy atom. The van der Waals surface area contributed by atoms with Gasteiger partial charge in [0.2, 0.25) is 0 Å². The fourth-order valence-electron chi connectivity index (χ4n) is 4.69. The summed E-state index contributed by atoms with van der Waals surface area (Å²) in [5.41, 5.74) is 4.91. The molecule has 1 atom stereocenters. The highest BCUT2D eigenvalue weighted by atomic mass is 32.2. The van der Waals surface area contributed by atoms with Crippen LogP contribution in [0.5, 0.6) is 0 Å². The highest BCUT2D eigenvalue weighted by molar-refractivity contribution is 7.91. The van der Waals surface area contributed by atoms with Gasteiger partial charge in [0.05, 0.1) is 47.3 Å². The predicted octanol–water partition coefficient (Wildman–Crippen LogP) is 1.97. The summed E-state index contributed by atoms with van der Waals surface area (Å²) >= 11 is 0. The Bertz CT molecular complexity index is 1050. The van der Waals surface area contributed by atoms with Gasteiger partial charge in [0.15, 0.2) is 9.84 Å². The lowest BCUT2D eigenvalue weighted by atomic mass is 10.1. The van der Waals surface area contributed by atoms with E-state index >= 15 is 0 Å². The second-order valence-corrected chi connectivity index (χ2v) is 10.7. The van der Waals surface area contributed by atoms with Gasteiger partial charge in [-0.2, -0.15) is 5.10 Å². The number of aromatic nitrogens is 2. The van der Waals surface area contributed by atoms with E-state index in [1.54, 1.807) is 0 Å². The summed E-state index contributed by atoms with van der Waals surface area (Å²) in [5, 5.41) is 4.71. The smallest absolute Gasteiger partial charge is 0.337 e. The molecule has 8 nitrogen and oxygen atoms in total. The lowest BCUT2D eigenvalue weighted by molar-refractivity contribution is 0.0600. The zero-order valence-corrected chi connectivity index (χ0v) is 19.2. The van der Waals surface area contributed by atoms with Gasteiger partial charge in [-0.3, -0.25) is 9.58 Å². The molecule has 3 heterocycles. The summed E-state index contributed by atoms with van der Waals surface area (Å²) in [4.78, 5) is 16.4. The Hall–Kier alpha value is -2.39. The molecule has 4 rings (SSSR count). The normalized spacial score (nSPS) is 21.4. The first-order valence-electron chi connectivity index (χ1n) is 10.7. The van der Waals surface area contributed by atoms with E-state index in [-0.39, 0.29) is 23.5 Å². The van der Waals surface area contributed by atoms with Crippen LogP contribution in [0.3, 0.4) is 0 Å². The largest absolute Gasteiger partial charge is 0.465 e. The Labute approximate surface area is 183 Å². The molecule has 0 radical (unpaired) electrons. The summed E-state index contributed by atoms with van der Waals surface area (Å²) in [7, 11) is -1.55. The van der Waals surface area contributed by atoms with E-state index in [0.29, 0.717) is 12.0 Å². The number of sulfone groups is 1. The van der Waals surface area contributed by atoms with Crippen LogP contribution in [0, 0.1) is 13.8 Å². The average Bonchev–Trinajstić information content (AvgIpc) is 3.26. The molecular formula is C22H30N4O4S. The second kappa shape index (κ2) is 8.63. The molecule has 168 valence electrons. The summed E-state index contributed by atoms with van der Waals surface area (Å²) in [6.45, 7) is 8.56. The summed E-state index contributed by atoms with van der Waals surface area (Å²) in [6, 6.07) is 7.52. The van der Waals surface area contributed by atoms with Crippen molar-refractivity contribution in [2.24, 2.45) is 0 Å². The van der Waals surface area contributed by atoms with Crippen LogP contribution in [0.1, 0.15) is 39.8 Å². The molecule has 2 fully saturated rings. The fourth-order valence-corrected chi connectivity index (χ4v) is 6.38. The molecule has 0 amide bonds. The summed E-state index contributed by atoms with van der Waals surface area (Å²) in [5.74, 6) is 0.128. The molecule has 0 N–H and O–H groups in total. The number of aryl methyl sites for hydroxylation is 1. The number of nitrogens with zero attached hydrogens (tertiary/aromatic N) is 4. The van der Waals surface area contributed by atoms with Crippen molar-refractivity contribution in [3.8, 4) is 0 Å². The molecule has 2 aliphatic rings. The van der Waals surface area contributed by atoms with Crippen LogP contribution in [0.2, 0.25) is 0 Å². The van der Waals surface area contributed by atoms with Crippen molar-refractivity contribution in [3.63, 3.8) is 0 Å². The van der Waals surface area contributed by atoms with Crippen molar-refractivity contribution < 1.29 is 17.9 Å². The van der Waals surface area contributed by atoms with Crippen LogP contribution in [-0.2, 0) is 21.1 Å². The first-order valence-corrected chi connectivity index (χ1v) is 12.5. The number of ether oxygens (including phenoxy) is 1. The number of hydrogen-bond donors (Lipinski definition) is 0. The van der Waals surface area contributed by atoms with E-state index in [1.165, 1.54) is 12.7 Å². The van der Waals surface area contributed by atoms with Gasteiger partial charge in [0.25, 0.3) is 0 Å². The number of esters is 1. The van der Waals surface area contributed by atoms with Crippen LogP contribution in [0.4, 0.5) is 5.69 Å². The monoisotopic (exact) mass is 446 g/mol. The van der Waals surface area contributed by atoms with E-state index in [9.17, 15) is 13.2 Å². The average molecular weight is 447 g/mol. The Kier molecular flexibility index (Phi) is 6.07. The third-order valence-corrected chi connectivity index (χ3v) is 8.06. The van der Waals surface area contributed by atoms with E-state index in [0.717, 1.165) is 49.8 Å². The maximum Gasteiger partial charge on any atom is 0.337 e. The molecule has 0 bridgehead atoms. The first-order chi connectivity index (χ1) is 14.8. The maximum absolute atomic E-state index is 11.9. The number of carbonyl (C=O) groups is 1. The number of hydrogen-bond acceptors (Lipinski definition) is 7. The van der Waals surface area contributed by atoms with Gasteiger partial charge in [0.1, 0.15) is 0 Å². The molecule has 2 saturated heterocycles. The van der Waals surface area contributed by atoms with Crippen LogP contribution >= 0.6 is 0 Å². The van der Waals surface area contributed by atoms with Gasteiger partial charge < -0.3 is 9.64 Å². The zero-order chi connectivity index (χ0) is 22.2. The SMILES string of the molecule is COC(=O)c1ccc(CN2CCN(c3c(C)nn(C4CCS(=O)(=O)C4)c3C)CC2)cc1. The third-order valence-electron chi connectivity index (χ3n) is 6.31. The van der Waals surface area contributed by atoms with Crippen LogP contribution in [0.25, 0.3) is 0 Å².